The van der Waals surface area contributed by atoms with Gasteiger partial charge in [0.1, 0.15) is 15.8 Å². The molecule has 1 aliphatic heterocycles. The van der Waals surface area contributed by atoms with E-state index < -0.39 is 0 Å². The molecule has 2 aromatic rings. The highest BCUT2D eigenvalue weighted by molar-refractivity contribution is 8.26. The van der Waals surface area contributed by atoms with Crippen molar-refractivity contribution in [1.29, 1.82) is 0 Å². The lowest BCUT2D eigenvalue weighted by atomic mass is 10.1. The van der Waals surface area contributed by atoms with Crippen LogP contribution >= 0.6 is 24.0 Å². The van der Waals surface area contributed by atoms with E-state index in [2.05, 4.69) is 0 Å². The van der Waals surface area contributed by atoms with Gasteiger partial charge in [-0.1, -0.05) is 54.3 Å². The lowest BCUT2D eigenvalue weighted by Crippen LogP contribution is -2.27. The van der Waals surface area contributed by atoms with E-state index in [4.69, 9.17) is 21.7 Å². The Morgan fingerprint density at radius 2 is 1.88 bits per heavy atom. The van der Waals surface area contributed by atoms with Gasteiger partial charge in [0, 0.05) is 5.56 Å². The molecule has 0 spiro atoms. The molecular weight excluding hydrogens is 354 g/mol. The number of nitrogens with zero attached hydrogens (tertiary/aromatic N) is 1. The minimum Gasteiger partial charge on any atom is -0.497 e. The maximum Gasteiger partial charge on any atom is 0.266 e. The van der Waals surface area contributed by atoms with Gasteiger partial charge in [-0.3, -0.25) is 9.69 Å². The summed E-state index contributed by atoms with van der Waals surface area (Å²) in [6, 6.07) is 15.3. The summed E-state index contributed by atoms with van der Waals surface area (Å²) >= 11 is 6.69. The van der Waals surface area contributed by atoms with Crippen molar-refractivity contribution in [2.75, 3.05) is 14.2 Å². The highest BCUT2D eigenvalue weighted by Crippen LogP contribution is 2.36. The monoisotopic (exact) mass is 371 g/mol. The standard InChI is InChI=1S/C19H17NO3S2/c1-22-15-8-9-16(23-2)14(10-15)11-17-18(21)20(19(24)25-17)12-13-6-4-3-5-7-13/h3-11H,12H2,1-2H3/b17-11+. The van der Waals surface area contributed by atoms with Crippen LogP contribution in [0.15, 0.2) is 53.4 Å². The molecule has 4 nitrogen and oxygen atoms in total. The normalized spacial score (nSPS) is 15.8. The first kappa shape index (κ1) is 17.5. The number of thiocarbonyl (C=S) groups is 1. The summed E-state index contributed by atoms with van der Waals surface area (Å²) < 4.78 is 11.2. The van der Waals surface area contributed by atoms with E-state index >= 15 is 0 Å². The fourth-order valence-electron chi connectivity index (χ4n) is 2.50. The van der Waals surface area contributed by atoms with Gasteiger partial charge in [0.25, 0.3) is 5.91 Å². The Balaban J connectivity index is 1.88. The lowest BCUT2D eigenvalue weighted by Gasteiger charge is -2.14. The van der Waals surface area contributed by atoms with E-state index in [9.17, 15) is 4.79 Å². The average Bonchev–Trinajstić information content (AvgIpc) is 2.90. The molecule has 3 rings (SSSR count). The predicted molar refractivity (Wildman–Crippen MR) is 105 cm³/mol. The number of rotatable bonds is 5. The molecule has 1 heterocycles. The van der Waals surface area contributed by atoms with Crippen LogP contribution in [0.4, 0.5) is 0 Å². The SMILES string of the molecule is COc1ccc(OC)c(/C=C2/SC(=S)N(Cc3ccccc3)C2=O)c1. The quantitative estimate of drug-likeness (QED) is 0.584. The van der Waals surface area contributed by atoms with Crippen LogP contribution in [0.1, 0.15) is 11.1 Å². The molecule has 1 amide bonds. The second kappa shape index (κ2) is 7.72. The Labute approximate surface area is 156 Å². The molecule has 0 atom stereocenters. The fourth-order valence-corrected chi connectivity index (χ4v) is 3.74. The third-order valence-corrected chi connectivity index (χ3v) is 5.16. The van der Waals surface area contributed by atoms with Gasteiger partial charge in [0.05, 0.1) is 25.7 Å². The fraction of sp³-hybridized carbons (Fsp3) is 0.158. The summed E-state index contributed by atoms with van der Waals surface area (Å²) in [5, 5.41) is 0. The number of hydrogen-bond donors (Lipinski definition) is 0. The second-order valence-electron chi connectivity index (χ2n) is 5.36. The van der Waals surface area contributed by atoms with Gasteiger partial charge in [0.2, 0.25) is 0 Å². The van der Waals surface area contributed by atoms with Crippen molar-refractivity contribution in [3.05, 3.63) is 64.6 Å². The molecule has 0 aromatic heterocycles. The highest BCUT2D eigenvalue weighted by Gasteiger charge is 2.32. The Kier molecular flexibility index (Phi) is 5.40. The Morgan fingerprint density at radius 3 is 2.56 bits per heavy atom. The molecule has 6 heteroatoms. The number of thioether (sulfide) groups is 1. The van der Waals surface area contributed by atoms with Gasteiger partial charge in [-0.15, -0.1) is 0 Å². The first-order valence-electron chi connectivity index (χ1n) is 7.63. The van der Waals surface area contributed by atoms with Gasteiger partial charge in [-0.25, -0.2) is 0 Å². The third kappa shape index (κ3) is 3.86. The van der Waals surface area contributed by atoms with Crippen LogP contribution in [0.5, 0.6) is 11.5 Å². The largest absolute Gasteiger partial charge is 0.497 e. The summed E-state index contributed by atoms with van der Waals surface area (Å²) in [5.74, 6) is 1.28. The summed E-state index contributed by atoms with van der Waals surface area (Å²) in [4.78, 5) is 15.0. The number of amides is 1. The van der Waals surface area contributed by atoms with E-state index in [0.717, 1.165) is 11.1 Å². The first-order chi connectivity index (χ1) is 12.1. The molecule has 1 saturated heterocycles. The Bertz CT molecular complexity index is 834. The number of methoxy groups -OCH3 is 2. The molecule has 0 unspecified atom stereocenters. The van der Waals surface area contributed by atoms with Crippen molar-refractivity contribution < 1.29 is 14.3 Å². The van der Waals surface area contributed by atoms with Crippen molar-refractivity contribution in [3.63, 3.8) is 0 Å². The first-order valence-corrected chi connectivity index (χ1v) is 8.86. The zero-order chi connectivity index (χ0) is 17.8. The van der Waals surface area contributed by atoms with E-state index in [1.54, 1.807) is 25.2 Å². The number of benzene rings is 2. The molecule has 2 aromatic carbocycles. The number of carbonyl (C=O) groups is 1. The smallest absolute Gasteiger partial charge is 0.266 e. The summed E-state index contributed by atoms with van der Waals surface area (Å²) in [5.41, 5.74) is 1.82. The topological polar surface area (TPSA) is 38.8 Å². The maximum atomic E-state index is 12.8. The minimum absolute atomic E-state index is 0.0938. The van der Waals surface area contributed by atoms with Crippen molar-refractivity contribution in [3.8, 4) is 11.5 Å². The number of hydrogen-bond acceptors (Lipinski definition) is 5. The Morgan fingerprint density at radius 1 is 1.12 bits per heavy atom. The van der Waals surface area contributed by atoms with Crippen LogP contribution in [0.2, 0.25) is 0 Å². The molecule has 128 valence electrons. The van der Waals surface area contributed by atoms with Crippen LogP contribution in [0, 0.1) is 0 Å². The highest BCUT2D eigenvalue weighted by atomic mass is 32.2. The van der Waals surface area contributed by atoms with Crippen LogP contribution in [-0.4, -0.2) is 29.3 Å². The summed E-state index contributed by atoms with van der Waals surface area (Å²) in [6.45, 7) is 0.470. The number of ether oxygens (including phenoxy) is 2. The van der Waals surface area contributed by atoms with Crippen molar-refractivity contribution in [2.45, 2.75) is 6.54 Å². The van der Waals surface area contributed by atoms with Gasteiger partial charge >= 0.3 is 0 Å². The van der Waals surface area contributed by atoms with Crippen LogP contribution < -0.4 is 9.47 Å². The molecule has 0 saturated carbocycles. The molecule has 0 bridgehead atoms. The molecule has 1 fully saturated rings. The van der Waals surface area contributed by atoms with Gasteiger partial charge in [0.15, 0.2) is 0 Å². The predicted octanol–water partition coefficient (Wildman–Crippen LogP) is 4.11. The van der Waals surface area contributed by atoms with E-state index in [0.29, 0.717) is 27.3 Å². The zero-order valence-electron chi connectivity index (χ0n) is 13.9. The molecule has 0 N–H and O–H groups in total. The van der Waals surface area contributed by atoms with Gasteiger partial charge in [-0.2, -0.15) is 0 Å². The van der Waals surface area contributed by atoms with Crippen molar-refractivity contribution in [1.82, 2.24) is 4.90 Å². The second-order valence-corrected chi connectivity index (χ2v) is 7.04. The summed E-state index contributed by atoms with van der Waals surface area (Å²) in [7, 11) is 3.20. The minimum atomic E-state index is -0.0938. The average molecular weight is 371 g/mol. The van der Waals surface area contributed by atoms with E-state index in [-0.39, 0.29) is 5.91 Å². The summed E-state index contributed by atoms with van der Waals surface area (Å²) in [6.07, 6.45) is 1.80. The van der Waals surface area contributed by atoms with Gasteiger partial charge in [-0.05, 0) is 29.8 Å². The van der Waals surface area contributed by atoms with Crippen molar-refractivity contribution >= 4 is 40.3 Å². The molecule has 0 aliphatic carbocycles. The molecule has 0 radical (unpaired) electrons. The zero-order valence-corrected chi connectivity index (χ0v) is 15.5. The molecule has 25 heavy (non-hydrogen) atoms. The van der Waals surface area contributed by atoms with E-state index in [1.807, 2.05) is 48.5 Å². The Hall–Kier alpha value is -2.31. The molecule has 1 aliphatic rings. The van der Waals surface area contributed by atoms with Gasteiger partial charge < -0.3 is 9.47 Å². The molecular formula is C19H17NO3S2. The van der Waals surface area contributed by atoms with Crippen molar-refractivity contribution in [2.24, 2.45) is 0 Å². The van der Waals surface area contributed by atoms with Crippen LogP contribution in [-0.2, 0) is 11.3 Å². The lowest BCUT2D eigenvalue weighted by molar-refractivity contribution is -0.122. The third-order valence-electron chi connectivity index (χ3n) is 3.78. The number of carbonyl (C=O) groups excluding carboxylic acids is 1. The van der Waals surface area contributed by atoms with E-state index in [1.165, 1.54) is 11.8 Å². The van der Waals surface area contributed by atoms with Crippen LogP contribution in [0.3, 0.4) is 0 Å². The maximum absolute atomic E-state index is 12.8. The van der Waals surface area contributed by atoms with Crippen LogP contribution in [0.25, 0.3) is 6.08 Å².